The van der Waals surface area contributed by atoms with Crippen LogP contribution in [0.15, 0.2) is 72.8 Å². The number of nitro groups is 1. The summed E-state index contributed by atoms with van der Waals surface area (Å²) in [5.41, 5.74) is 11.9. The first-order valence-corrected chi connectivity index (χ1v) is 13.7. The van der Waals surface area contributed by atoms with Crippen molar-refractivity contribution in [3.63, 3.8) is 0 Å². The summed E-state index contributed by atoms with van der Waals surface area (Å²) < 4.78 is 2.27. The van der Waals surface area contributed by atoms with Crippen molar-refractivity contribution in [1.29, 1.82) is 0 Å². The fourth-order valence-corrected chi connectivity index (χ4v) is 5.92. The fourth-order valence-electron chi connectivity index (χ4n) is 5.67. The van der Waals surface area contributed by atoms with Gasteiger partial charge in [-0.3, -0.25) is 4.79 Å². The third-order valence-corrected chi connectivity index (χ3v) is 8.01. The largest absolute Gasteiger partial charge is 1.00 e. The van der Waals surface area contributed by atoms with Crippen molar-refractivity contribution in [3.8, 4) is 0 Å². The van der Waals surface area contributed by atoms with E-state index >= 15 is 0 Å². The molecule has 1 unspecified atom stereocenters. The van der Waals surface area contributed by atoms with Gasteiger partial charge in [-0.05, 0) is 39.6 Å². The zero-order valence-corrected chi connectivity index (χ0v) is 25.6. The molecule has 8 nitrogen and oxygen atoms in total. The molecule has 1 aliphatic heterocycles. The molecule has 1 aromatic heterocycles. The lowest BCUT2D eigenvalue weighted by Crippen LogP contribution is -3.00. The number of halogens is 2. The molecule has 0 fully saturated rings. The molecule has 0 saturated heterocycles. The number of hydrogen-bond acceptors (Lipinski definition) is 4. The molecule has 0 spiro atoms. The van der Waals surface area contributed by atoms with Crippen molar-refractivity contribution in [1.82, 2.24) is 4.57 Å². The fraction of sp³-hybridized carbons (Fsp3) is 0.258. The highest BCUT2D eigenvalue weighted by Crippen LogP contribution is 2.44. The average molecular weight is 639 g/mol. The maximum atomic E-state index is 13.3. The third kappa shape index (κ3) is 6.17. The number of carbonyl (C=O) groups is 1. The van der Waals surface area contributed by atoms with Crippen LogP contribution in [-0.2, 0) is 24.9 Å². The first kappa shape index (κ1) is 30.3. The molecule has 0 bridgehead atoms. The molecule has 1 aliphatic rings. The Morgan fingerprint density at radius 1 is 1.10 bits per heavy atom. The molecule has 2 heterocycles. The standard InChI is InChI=1S/C31H33ClN5O3.BrH/c1-34-24(13-14-29(34)36(39)40)20-37(2,3)19-22-10-8-21(9-11-22)12-15-30(38)35-18-23(17-32)31-26-7-5-4-6-25(26)27(33)16-28(31)35;/h4-16,23H,17-20,33H2,1-3H3;1H/q+1;/p-1/b15-12+;. The van der Waals surface area contributed by atoms with Crippen LogP contribution in [-0.4, -0.2) is 46.4 Å². The highest BCUT2D eigenvalue weighted by atomic mass is 79.9. The average Bonchev–Trinajstić information content (AvgIpc) is 3.48. The minimum Gasteiger partial charge on any atom is -1.00 e. The molecule has 0 saturated carbocycles. The van der Waals surface area contributed by atoms with Gasteiger partial charge in [0, 0.05) is 47.1 Å². The molecular weight excluding hydrogens is 606 g/mol. The van der Waals surface area contributed by atoms with E-state index in [4.69, 9.17) is 17.3 Å². The SMILES string of the molecule is Cn1c(C[N+](C)(C)Cc2ccc(/C=C/C(=O)N3CC(CCl)c4c3cc(N)c3ccccc43)cc2)ccc1[N+](=O)[O-].[Br-]. The van der Waals surface area contributed by atoms with Gasteiger partial charge in [0.15, 0.2) is 5.69 Å². The van der Waals surface area contributed by atoms with Gasteiger partial charge in [-0.1, -0.05) is 48.5 Å². The maximum absolute atomic E-state index is 13.3. The zero-order valence-electron chi connectivity index (χ0n) is 23.3. The first-order valence-electron chi connectivity index (χ1n) is 13.1. The number of benzene rings is 3. The summed E-state index contributed by atoms with van der Waals surface area (Å²) in [7, 11) is 5.93. The van der Waals surface area contributed by atoms with Gasteiger partial charge in [0.25, 0.3) is 5.91 Å². The molecule has 5 rings (SSSR count). The van der Waals surface area contributed by atoms with Crippen LogP contribution >= 0.6 is 11.6 Å². The van der Waals surface area contributed by atoms with Crippen molar-refractivity contribution < 1.29 is 31.2 Å². The normalized spacial score (nSPS) is 14.8. The number of nitrogens with two attached hydrogens (primary N) is 1. The smallest absolute Gasteiger partial charge is 0.323 e. The number of fused-ring (bicyclic) bond motifs is 3. The number of nitrogen functional groups attached to an aromatic ring is 1. The van der Waals surface area contributed by atoms with Crippen molar-refractivity contribution in [2.24, 2.45) is 7.05 Å². The lowest BCUT2D eigenvalue weighted by atomic mass is 9.95. The Bertz CT molecular complexity index is 1630. The highest BCUT2D eigenvalue weighted by Gasteiger charge is 2.33. The van der Waals surface area contributed by atoms with E-state index in [9.17, 15) is 14.9 Å². The zero-order chi connectivity index (χ0) is 28.6. The second-order valence-electron chi connectivity index (χ2n) is 11.1. The first-order chi connectivity index (χ1) is 19.1. The van der Waals surface area contributed by atoms with Gasteiger partial charge in [-0.25, -0.2) is 4.57 Å². The molecule has 3 aromatic carbocycles. The Labute approximate surface area is 255 Å². The third-order valence-electron chi connectivity index (χ3n) is 7.64. The lowest BCUT2D eigenvalue weighted by molar-refractivity contribution is -0.917. The summed E-state index contributed by atoms with van der Waals surface area (Å²) in [6, 6.07) is 21.3. The summed E-state index contributed by atoms with van der Waals surface area (Å²) in [6.45, 7) is 1.92. The molecule has 0 aliphatic carbocycles. The minimum atomic E-state index is -0.364. The number of aromatic nitrogens is 1. The molecule has 1 amide bonds. The molecule has 214 valence electrons. The van der Waals surface area contributed by atoms with Crippen molar-refractivity contribution in [2.45, 2.75) is 19.0 Å². The Morgan fingerprint density at radius 2 is 1.78 bits per heavy atom. The van der Waals surface area contributed by atoms with Gasteiger partial charge in [-0.2, -0.15) is 0 Å². The van der Waals surface area contributed by atoms with Crippen LogP contribution in [0.1, 0.15) is 28.3 Å². The number of rotatable bonds is 8. The predicted octanol–water partition coefficient (Wildman–Crippen LogP) is 2.83. The quantitative estimate of drug-likeness (QED) is 0.0803. The van der Waals surface area contributed by atoms with Crippen molar-refractivity contribution in [3.05, 3.63) is 105 Å². The predicted molar refractivity (Wildman–Crippen MR) is 161 cm³/mol. The monoisotopic (exact) mass is 637 g/mol. The van der Waals surface area contributed by atoms with Gasteiger partial charge in [0.05, 0.1) is 26.8 Å². The number of anilines is 2. The molecule has 2 N–H and O–H groups in total. The van der Waals surface area contributed by atoms with E-state index in [-0.39, 0.29) is 39.5 Å². The summed E-state index contributed by atoms with van der Waals surface area (Å²) in [5, 5.41) is 13.2. The van der Waals surface area contributed by atoms with Gasteiger partial charge in [-0.15, -0.1) is 11.6 Å². The maximum Gasteiger partial charge on any atom is 0.323 e. The number of amides is 1. The lowest BCUT2D eigenvalue weighted by Gasteiger charge is -2.29. The summed E-state index contributed by atoms with van der Waals surface area (Å²) in [5.74, 6) is 0.447. The number of nitrogens with zero attached hydrogens (tertiary/aromatic N) is 4. The number of hydrogen-bond donors (Lipinski definition) is 1. The molecule has 41 heavy (non-hydrogen) atoms. The van der Waals surface area contributed by atoms with E-state index in [2.05, 4.69) is 26.2 Å². The number of alkyl halides is 1. The van der Waals surface area contributed by atoms with E-state index < -0.39 is 0 Å². The molecule has 1 atom stereocenters. The van der Waals surface area contributed by atoms with E-state index in [1.807, 2.05) is 54.6 Å². The van der Waals surface area contributed by atoms with E-state index in [1.54, 1.807) is 28.7 Å². The minimum absolute atomic E-state index is 0. The van der Waals surface area contributed by atoms with E-state index in [0.29, 0.717) is 29.1 Å². The molecular formula is C31H33BrClN5O3. The van der Waals surface area contributed by atoms with Gasteiger partial charge < -0.3 is 42.2 Å². The van der Waals surface area contributed by atoms with Crippen LogP contribution in [0.2, 0.25) is 0 Å². The topological polar surface area (TPSA) is 94.4 Å². The summed E-state index contributed by atoms with van der Waals surface area (Å²) in [4.78, 5) is 25.9. The van der Waals surface area contributed by atoms with Crippen molar-refractivity contribution in [2.75, 3.05) is 37.2 Å². The molecule has 0 radical (unpaired) electrons. The second kappa shape index (κ2) is 12.1. The highest BCUT2D eigenvalue weighted by molar-refractivity contribution is 6.19. The van der Waals surface area contributed by atoms with Gasteiger partial charge in [0.2, 0.25) is 0 Å². The van der Waals surface area contributed by atoms with Crippen molar-refractivity contribution >= 4 is 51.5 Å². The van der Waals surface area contributed by atoms with Gasteiger partial charge >= 0.3 is 5.82 Å². The van der Waals surface area contributed by atoms with Crippen LogP contribution in [0, 0.1) is 10.1 Å². The van der Waals surface area contributed by atoms with Crippen LogP contribution in [0.3, 0.4) is 0 Å². The van der Waals surface area contributed by atoms with Gasteiger partial charge in [0.1, 0.15) is 13.1 Å². The second-order valence-corrected chi connectivity index (χ2v) is 11.4. The van der Waals surface area contributed by atoms with E-state index in [1.165, 1.54) is 0 Å². The van der Waals surface area contributed by atoms with Crippen LogP contribution in [0.4, 0.5) is 17.2 Å². The van der Waals surface area contributed by atoms with Crippen LogP contribution < -0.4 is 27.6 Å². The molecule has 10 heteroatoms. The number of carbonyl (C=O) groups excluding carboxylic acids is 1. The Morgan fingerprint density at radius 3 is 2.41 bits per heavy atom. The molecule has 4 aromatic rings. The van der Waals surface area contributed by atoms with Crippen LogP contribution in [0.25, 0.3) is 16.8 Å². The summed E-state index contributed by atoms with van der Waals surface area (Å²) >= 11 is 6.33. The van der Waals surface area contributed by atoms with E-state index in [0.717, 1.165) is 45.4 Å². The Hall–Kier alpha value is -3.66. The summed E-state index contributed by atoms with van der Waals surface area (Å²) in [6.07, 6.45) is 3.43. The Balaban J connectivity index is 0.00000387. The van der Waals surface area contributed by atoms with Crippen LogP contribution in [0.5, 0.6) is 0 Å². The number of quaternary nitrogens is 1. The Kier molecular flexibility index (Phi) is 8.91.